The summed E-state index contributed by atoms with van der Waals surface area (Å²) in [5.41, 5.74) is -1.40. The fraction of sp³-hybridized carbons (Fsp3) is 0.400. The van der Waals surface area contributed by atoms with Gasteiger partial charge in [0, 0.05) is 10.9 Å². The molecule has 4 rings (SSSR count). The Morgan fingerprint density at radius 3 is 2.43 bits per heavy atom. The number of fused-ring (bicyclic) bond motifs is 3. The third-order valence-electron chi connectivity index (χ3n) is 5.89. The Labute approximate surface area is 167 Å². The van der Waals surface area contributed by atoms with Crippen molar-refractivity contribution < 1.29 is 27.0 Å². The second kappa shape index (κ2) is 6.40. The summed E-state index contributed by atoms with van der Waals surface area (Å²) in [6, 6.07) is 7.47. The van der Waals surface area contributed by atoms with Gasteiger partial charge in [0.2, 0.25) is 0 Å². The summed E-state index contributed by atoms with van der Waals surface area (Å²) in [5.74, 6) is -2.74. The van der Waals surface area contributed by atoms with E-state index in [2.05, 4.69) is 0 Å². The Bertz CT molecular complexity index is 1040. The molecule has 2 aromatic carbocycles. The molecule has 150 valence electrons. The van der Waals surface area contributed by atoms with Crippen LogP contribution in [0.3, 0.4) is 0 Å². The van der Waals surface area contributed by atoms with Crippen LogP contribution in [0.4, 0.5) is 8.78 Å². The molecule has 1 aliphatic carbocycles. The minimum atomic E-state index is -4.16. The zero-order chi connectivity index (χ0) is 20.3. The van der Waals surface area contributed by atoms with Gasteiger partial charge >= 0.3 is 0 Å². The summed E-state index contributed by atoms with van der Waals surface area (Å²) in [7, 11) is -4.16. The van der Waals surface area contributed by atoms with Crippen molar-refractivity contribution in [1.82, 2.24) is 0 Å². The first-order valence-electron chi connectivity index (χ1n) is 8.92. The molecule has 3 atom stereocenters. The second-order valence-corrected chi connectivity index (χ2v) is 10.4. The topological polar surface area (TPSA) is 63.6 Å². The van der Waals surface area contributed by atoms with Crippen LogP contribution in [0, 0.1) is 17.6 Å². The van der Waals surface area contributed by atoms with Gasteiger partial charge in [-0.15, -0.1) is 0 Å². The van der Waals surface area contributed by atoms with Crippen LogP contribution in [-0.4, -0.2) is 25.7 Å². The summed E-state index contributed by atoms with van der Waals surface area (Å²) in [4.78, 5) is -0.0278. The SMILES string of the molecule is C[C@@]1(O)CC[C@@]2(S(=O)(=O)c3ccc(Cl)cc3)c3c(F)ccc(F)c3OC[C@H]2C1. The molecular weight excluding hydrogens is 410 g/mol. The molecule has 8 heteroatoms. The van der Waals surface area contributed by atoms with Gasteiger partial charge in [-0.2, -0.15) is 0 Å². The number of sulfone groups is 1. The quantitative estimate of drug-likeness (QED) is 0.777. The molecule has 0 amide bonds. The fourth-order valence-electron chi connectivity index (χ4n) is 4.54. The van der Waals surface area contributed by atoms with Crippen LogP contribution in [0.25, 0.3) is 0 Å². The lowest BCUT2D eigenvalue weighted by atomic mass is 9.68. The van der Waals surface area contributed by atoms with E-state index < -0.39 is 37.7 Å². The molecule has 1 N–H and O–H groups in total. The number of benzene rings is 2. The van der Waals surface area contributed by atoms with Gasteiger partial charge in [-0.05, 0) is 62.6 Å². The van der Waals surface area contributed by atoms with Gasteiger partial charge in [0.05, 0.1) is 22.7 Å². The molecule has 4 nitrogen and oxygen atoms in total. The van der Waals surface area contributed by atoms with Crippen molar-refractivity contribution in [2.75, 3.05) is 6.61 Å². The van der Waals surface area contributed by atoms with Crippen LogP contribution in [0.1, 0.15) is 31.7 Å². The molecule has 1 heterocycles. The summed E-state index contributed by atoms with van der Waals surface area (Å²) in [6.07, 6.45) is 0.174. The number of hydrogen-bond donors (Lipinski definition) is 1. The molecule has 0 unspecified atom stereocenters. The maximum atomic E-state index is 15.0. The van der Waals surface area contributed by atoms with E-state index in [4.69, 9.17) is 16.3 Å². The maximum Gasteiger partial charge on any atom is 0.188 e. The van der Waals surface area contributed by atoms with E-state index in [0.29, 0.717) is 5.02 Å². The van der Waals surface area contributed by atoms with Crippen molar-refractivity contribution in [3.05, 3.63) is 58.6 Å². The van der Waals surface area contributed by atoms with Crippen molar-refractivity contribution in [3.8, 4) is 5.75 Å². The highest BCUT2D eigenvalue weighted by Gasteiger charge is 2.61. The van der Waals surface area contributed by atoms with E-state index in [-0.39, 0.29) is 42.1 Å². The van der Waals surface area contributed by atoms with E-state index in [1.54, 1.807) is 6.92 Å². The maximum absolute atomic E-state index is 15.0. The molecule has 0 spiro atoms. The monoisotopic (exact) mass is 428 g/mol. The van der Waals surface area contributed by atoms with Gasteiger partial charge < -0.3 is 9.84 Å². The first-order chi connectivity index (χ1) is 13.1. The predicted molar refractivity (Wildman–Crippen MR) is 100 cm³/mol. The third kappa shape index (κ3) is 2.75. The fourth-order valence-corrected chi connectivity index (χ4v) is 7.01. The van der Waals surface area contributed by atoms with E-state index in [1.807, 2.05) is 0 Å². The highest BCUT2D eigenvalue weighted by molar-refractivity contribution is 7.92. The third-order valence-corrected chi connectivity index (χ3v) is 8.74. The molecule has 1 aliphatic heterocycles. The summed E-state index contributed by atoms with van der Waals surface area (Å²) in [5, 5.41) is 10.9. The molecular formula is C20H19ClF2O4S. The lowest BCUT2D eigenvalue weighted by Gasteiger charge is -2.50. The van der Waals surface area contributed by atoms with Crippen molar-refractivity contribution >= 4 is 21.4 Å². The van der Waals surface area contributed by atoms with E-state index in [9.17, 15) is 22.3 Å². The van der Waals surface area contributed by atoms with Crippen molar-refractivity contribution in [2.24, 2.45) is 5.92 Å². The first kappa shape index (κ1) is 19.6. The molecule has 28 heavy (non-hydrogen) atoms. The van der Waals surface area contributed by atoms with Crippen LogP contribution < -0.4 is 4.74 Å². The molecule has 2 aliphatic rings. The first-order valence-corrected chi connectivity index (χ1v) is 10.8. The summed E-state index contributed by atoms with van der Waals surface area (Å²) >= 11 is 5.89. The Morgan fingerprint density at radius 1 is 1.11 bits per heavy atom. The molecule has 0 radical (unpaired) electrons. The van der Waals surface area contributed by atoms with Crippen LogP contribution in [0.2, 0.25) is 5.02 Å². The number of rotatable bonds is 2. The molecule has 2 aromatic rings. The summed E-state index contributed by atoms with van der Waals surface area (Å²) < 4.78 is 60.8. The summed E-state index contributed by atoms with van der Waals surface area (Å²) in [6.45, 7) is 1.49. The molecule has 0 aromatic heterocycles. The highest BCUT2D eigenvalue weighted by atomic mass is 35.5. The predicted octanol–water partition coefficient (Wildman–Crippen LogP) is 4.23. The zero-order valence-electron chi connectivity index (χ0n) is 15.1. The van der Waals surface area contributed by atoms with Crippen molar-refractivity contribution in [3.63, 3.8) is 0 Å². The van der Waals surface area contributed by atoms with Gasteiger partial charge in [0.25, 0.3) is 0 Å². The standard InChI is InChI=1S/C20H19ClF2O4S/c1-19(24)8-9-20(28(25,26)14-4-2-13(21)3-5-14)12(10-19)11-27-18-16(23)7-6-15(22)17(18)20/h2-7,12,24H,8-11H2,1H3/t12-,19-,20+/m1/s1. The van der Waals surface area contributed by atoms with E-state index in [1.165, 1.54) is 24.3 Å². The minimum Gasteiger partial charge on any atom is -0.490 e. The minimum absolute atomic E-state index is 0.0278. The Balaban J connectivity index is 2.02. The van der Waals surface area contributed by atoms with Crippen LogP contribution in [0.15, 0.2) is 41.3 Å². The number of ether oxygens (including phenoxy) is 1. The highest BCUT2D eigenvalue weighted by Crippen LogP contribution is 2.58. The van der Waals surface area contributed by atoms with Gasteiger partial charge in [0.15, 0.2) is 21.4 Å². The normalized spacial score (nSPS) is 29.5. The van der Waals surface area contributed by atoms with Crippen molar-refractivity contribution in [2.45, 2.75) is 41.4 Å². The molecule has 0 bridgehead atoms. The second-order valence-electron chi connectivity index (χ2n) is 7.79. The molecule has 1 saturated carbocycles. The number of halogens is 3. The number of aliphatic hydroxyl groups is 1. The van der Waals surface area contributed by atoms with Gasteiger partial charge in [-0.3, -0.25) is 0 Å². The van der Waals surface area contributed by atoms with Crippen LogP contribution >= 0.6 is 11.6 Å². The van der Waals surface area contributed by atoms with Crippen molar-refractivity contribution in [1.29, 1.82) is 0 Å². The molecule has 0 saturated heterocycles. The van der Waals surface area contributed by atoms with Gasteiger partial charge in [-0.1, -0.05) is 11.6 Å². The Morgan fingerprint density at radius 2 is 1.75 bits per heavy atom. The van der Waals surface area contributed by atoms with E-state index >= 15 is 0 Å². The zero-order valence-corrected chi connectivity index (χ0v) is 16.7. The number of hydrogen-bond acceptors (Lipinski definition) is 4. The Kier molecular flexibility index (Phi) is 4.48. The lowest BCUT2D eigenvalue weighted by molar-refractivity contribution is -0.0327. The lowest BCUT2D eigenvalue weighted by Crippen LogP contribution is -2.55. The average molecular weight is 429 g/mol. The largest absolute Gasteiger partial charge is 0.490 e. The van der Waals surface area contributed by atoms with Gasteiger partial charge in [-0.25, -0.2) is 17.2 Å². The van der Waals surface area contributed by atoms with Crippen LogP contribution in [0.5, 0.6) is 5.75 Å². The van der Waals surface area contributed by atoms with E-state index in [0.717, 1.165) is 12.1 Å². The molecule has 1 fully saturated rings. The smallest absolute Gasteiger partial charge is 0.188 e. The Hall–Kier alpha value is -1.70. The average Bonchev–Trinajstić information content (AvgIpc) is 2.63. The van der Waals surface area contributed by atoms with Gasteiger partial charge in [0.1, 0.15) is 10.6 Å². The van der Waals surface area contributed by atoms with Crippen LogP contribution in [-0.2, 0) is 14.6 Å².